The molecule has 0 aliphatic rings. The fraction of sp³-hybridized carbons (Fsp3) is 0.302. The second kappa shape index (κ2) is 31.1. The normalized spacial score (nSPS) is 14.1. The maximum atomic E-state index is 14.5. The number of ketones is 1. The zero-order valence-corrected chi connectivity index (χ0v) is 52.5. The van der Waals surface area contributed by atoms with Crippen molar-refractivity contribution in [2.75, 3.05) is 11.9 Å². The van der Waals surface area contributed by atoms with Gasteiger partial charge in [-0.05, 0) is 141 Å². The third-order valence-corrected chi connectivity index (χ3v) is 16.5. The van der Waals surface area contributed by atoms with Gasteiger partial charge in [-0.2, -0.15) is 26.0 Å². The zero-order valence-electron chi connectivity index (χ0n) is 49.3. The van der Waals surface area contributed by atoms with Crippen LogP contribution in [0.5, 0.6) is 0 Å². The van der Waals surface area contributed by atoms with E-state index >= 15 is 0 Å². The van der Waals surface area contributed by atoms with Crippen molar-refractivity contribution in [1.29, 1.82) is 15.8 Å². The van der Waals surface area contributed by atoms with Crippen LogP contribution in [0.25, 0.3) is 11.3 Å². The highest BCUT2D eigenvalue weighted by molar-refractivity contribution is 9.09. The largest absolute Gasteiger partial charge is 0.393 e. The van der Waals surface area contributed by atoms with E-state index in [1.165, 1.54) is 65.9 Å². The summed E-state index contributed by atoms with van der Waals surface area (Å²) in [5.41, 5.74) is 14.8. The SMILES string of the molecule is Cc1cc(C)c([C@@](O)(CN=CN=CN)[C@@H](C)C#N)cc1F.Cc1cc(C)c([C@@](O)(Cn2cncn2)[C@@H](C)C(N)=S)cc1F.Cc1cc(C)c([C@@](O)(Cn2cncn2)[C@@H](C)c2nc(-c3ccc(C#N)cc3)cs2)cc1F.N#Cc1ccc(C(=O)CBr)cc1. The third kappa shape index (κ3) is 17.3. The Hall–Kier alpha value is -8.67. The molecule has 3 heterocycles. The number of carbonyl (C=O) groups is 1. The number of thiazole rings is 1. The van der Waals surface area contributed by atoms with Gasteiger partial charge in [-0.15, -0.1) is 11.3 Å². The number of nitrogens with zero attached hydrogens (tertiary/aromatic N) is 12. The Kier molecular flexibility index (Phi) is 24.7. The summed E-state index contributed by atoms with van der Waals surface area (Å²) in [6, 6.07) is 29.0. The van der Waals surface area contributed by atoms with Gasteiger partial charge in [0.25, 0.3) is 0 Å². The van der Waals surface area contributed by atoms with Crippen molar-refractivity contribution in [3.05, 3.63) is 205 Å². The van der Waals surface area contributed by atoms with Crippen LogP contribution in [0, 0.1) is 105 Å². The van der Waals surface area contributed by atoms with Crippen LogP contribution in [0.1, 0.15) is 103 Å². The summed E-state index contributed by atoms with van der Waals surface area (Å²) in [5.74, 6) is -2.93. The molecule has 0 aliphatic heterocycles. The Morgan fingerprint density at radius 1 is 0.724 bits per heavy atom. The lowest BCUT2D eigenvalue weighted by Crippen LogP contribution is -2.44. The van der Waals surface area contributed by atoms with Gasteiger partial charge in [0.05, 0.1) is 82.2 Å². The molecule has 3 aromatic heterocycles. The molecule has 18 nitrogen and oxygen atoms in total. The van der Waals surface area contributed by atoms with Gasteiger partial charge in [-0.1, -0.05) is 84.5 Å². The van der Waals surface area contributed by atoms with Gasteiger partial charge in [0, 0.05) is 28.3 Å². The van der Waals surface area contributed by atoms with E-state index in [0.717, 1.165) is 28.7 Å². The van der Waals surface area contributed by atoms with E-state index in [2.05, 4.69) is 52.1 Å². The Labute approximate surface area is 521 Å². The first-order valence-electron chi connectivity index (χ1n) is 26.8. The standard InChI is InChI=1S/C24H22FN5OS.C15H19FN4OS.C15H19FN4O.C9H6BrNO/c1-15-8-16(2)21(25)9-20(15)24(31,12-30-14-27-13-28-30)17(3)23-29-22(11-32-23)19-6-4-18(10-26)5-7-19;1-9-4-10(2)13(16)5-12(9)15(21,11(3)14(17)22)6-20-8-18-7-19-20;1-10-4-11(2)14(16)5-13(10)15(21,12(3)6-17)7-19-9-20-8-18;10-5-9(12)8-3-1-7(6-11)2-4-8/h4-9,11,13-14,17,31H,12H2,1-3H3;4-5,7-8,11,21H,6H2,1-3H3,(H2,17,22);4-5,8-9,12,21H,7H2,1-3H3,(H2,18,19,20);1-4H,5H2/t17-,24+;11-,15+;12-,15+;/m000./s1. The Bertz CT molecular complexity index is 3850. The molecule has 5 aromatic carbocycles. The van der Waals surface area contributed by atoms with Crippen molar-refractivity contribution >= 4 is 62.9 Å². The number of rotatable bonds is 18. The first-order chi connectivity index (χ1) is 41.2. The van der Waals surface area contributed by atoms with Crippen molar-refractivity contribution in [2.45, 2.75) is 98.1 Å². The number of thiocarbonyl (C=S) groups is 1. The molecule has 0 amide bonds. The molecule has 0 unspecified atom stereocenters. The van der Waals surface area contributed by atoms with Crippen molar-refractivity contribution in [3.63, 3.8) is 0 Å². The van der Waals surface area contributed by atoms with E-state index in [1.807, 2.05) is 50.4 Å². The van der Waals surface area contributed by atoms with E-state index in [9.17, 15) is 33.3 Å². The molecule has 0 radical (unpaired) electrons. The zero-order chi connectivity index (χ0) is 64.4. The van der Waals surface area contributed by atoms with E-state index in [1.54, 1.807) is 101 Å². The number of aliphatic hydroxyl groups is 3. The van der Waals surface area contributed by atoms with E-state index in [4.69, 9.17) is 44.5 Å². The predicted molar refractivity (Wildman–Crippen MR) is 336 cm³/mol. The molecule has 452 valence electrons. The van der Waals surface area contributed by atoms with E-state index < -0.39 is 40.4 Å². The monoisotopic (exact) mass is 1280 g/mol. The molecule has 0 spiro atoms. The molecule has 0 aliphatic carbocycles. The summed E-state index contributed by atoms with van der Waals surface area (Å²) >= 11 is 9.55. The molecule has 8 aromatic rings. The van der Waals surface area contributed by atoms with Crippen LogP contribution in [-0.4, -0.2) is 85.2 Å². The summed E-state index contributed by atoms with van der Waals surface area (Å²) in [5, 5.41) is 71.9. The van der Waals surface area contributed by atoms with Crippen LogP contribution >= 0.6 is 39.5 Å². The van der Waals surface area contributed by atoms with E-state index in [-0.39, 0.29) is 42.0 Å². The van der Waals surface area contributed by atoms with Crippen molar-refractivity contribution in [3.8, 4) is 29.5 Å². The number of aliphatic imine (C=N–C) groups is 2. The van der Waals surface area contributed by atoms with Gasteiger partial charge in [0.2, 0.25) is 0 Å². The molecule has 6 atom stereocenters. The number of nitrogens with two attached hydrogens (primary N) is 2. The van der Waals surface area contributed by atoms with E-state index in [0.29, 0.717) is 66.0 Å². The lowest BCUT2D eigenvalue weighted by atomic mass is 9.79. The number of halogens is 4. The number of hydrogen-bond acceptors (Lipinski definition) is 15. The number of nitriles is 3. The quantitative estimate of drug-likeness (QED) is 0.0175. The number of alkyl halides is 1. The van der Waals surface area contributed by atoms with Gasteiger partial charge < -0.3 is 26.8 Å². The van der Waals surface area contributed by atoms with Crippen LogP contribution in [0.3, 0.4) is 0 Å². The second-order valence-corrected chi connectivity index (χ2v) is 22.6. The fourth-order valence-electron chi connectivity index (χ4n) is 9.32. The number of aryl methyl sites for hydroxylation is 6. The number of aromatic nitrogens is 7. The number of Topliss-reactive ketones (excluding diaryl/α,β-unsaturated/α-hetero) is 1. The molecule has 0 fully saturated rings. The highest BCUT2D eigenvalue weighted by Crippen LogP contribution is 2.43. The average Bonchev–Trinajstić information content (AvgIpc) is 2.53. The summed E-state index contributed by atoms with van der Waals surface area (Å²) < 4.78 is 45.4. The predicted octanol–water partition coefficient (Wildman–Crippen LogP) is 10.5. The summed E-state index contributed by atoms with van der Waals surface area (Å²) in [4.78, 5) is 31.4. The number of benzene rings is 5. The van der Waals surface area contributed by atoms with Crippen molar-refractivity contribution in [2.24, 2.45) is 33.3 Å². The molecular formula is C63H66BrF3N14O4S2. The Morgan fingerprint density at radius 3 is 1.59 bits per heavy atom. The first-order valence-corrected chi connectivity index (χ1v) is 29.2. The van der Waals surface area contributed by atoms with Crippen LogP contribution < -0.4 is 11.5 Å². The molecule has 24 heteroatoms. The molecule has 8 rings (SSSR count). The highest BCUT2D eigenvalue weighted by atomic mass is 79.9. The maximum Gasteiger partial charge on any atom is 0.173 e. The van der Waals surface area contributed by atoms with Crippen LogP contribution in [0.2, 0.25) is 0 Å². The van der Waals surface area contributed by atoms with Crippen LogP contribution in [0.4, 0.5) is 13.2 Å². The lowest BCUT2D eigenvalue weighted by molar-refractivity contribution is -0.0130. The molecule has 7 N–H and O–H groups in total. The average molecular weight is 1280 g/mol. The molecule has 0 saturated carbocycles. The molecule has 0 saturated heterocycles. The van der Waals surface area contributed by atoms with Gasteiger partial charge in [-0.3, -0.25) is 9.79 Å². The third-order valence-electron chi connectivity index (χ3n) is 14.7. The number of carbonyl (C=O) groups excluding carboxylic acids is 1. The lowest BCUT2D eigenvalue weighted by Gasteiger charge is -2.35. The second-order valence-electron chi connectivity index (χ2n) is 20.7. The van der Waals surface area contributed by atoms with Crippen molar-refractivity contribution < 1.29 is 33.3 Å². The van der Waals surface area contributed by atoms with Gasteiger partial charge in [-0.25, -0.2) is 42.5 Å². The Morgan fingerprint density at radius 2 is 1.17 bits per heavy atom. The topological polar surface area (TPSA) is 300 Å². The molecule has 87 heavy (non-hydrogen) atoms. The first kappa shape index (κ1) is 69.1. The Balaban J connectivity index is 0.000000223. The highest BCUT2D eigenvalue weighted by Gasteiger charge is 2.42. The minimum absolute atomic E-state index is 0.0273. The smallest absolute Gasteiger partial charge is 0.173 e. The van der Waals surface area contributed by atoms with Crippen molar-refractivity contribution in [1.82, 2.24) is 34.5 Å². The summed E-state index contributed by atoms with van der Waals surface area (Å²) in [7, 11) is 0. The fourth-order valence-corrected chi connectivity index (χ4v) is 10.8. The van der Waals surface area contributed by atoms with Gasteiger partial charge >= 0.3 is 0 Å². The number of hydrogen-bond donors (Lipinski definition) is 5. The minimum Gasteiger partial charge on any atom is -0.393 e. The maximum absolute atomic E-state index is 14.5. The van der Waals surface area contributed by atoms with Gasteiger partial charge in [0.15, 0.2) is 5.78 Å². The van der Waals surface area contributed by atoms with Crippen LogP contribution in [0.15, 0.2) is 126 Å². The van der Waals surface area contributed by atoms with Crippen LogP contribution in [-0.2, 0) is 29.9 Å². The summed E-state index contributed by atoms with van der Waals surface area (Å²) in [6.07, 6.45) is 8.04. The molecule has 0 bridgehead atoms. The summed E-state index contributed by atoms with van der Waals surface area (Å²) in [6.45, 7) is 15.7. The minimum atomic E-state index is -1.59. The molecular weight excluding hydrogens is 1220 g/mol. The van der Waals surface area contributed by atoms with Gasteiger partial charge in [0.1, 0.15) is 65.9 Å².